The van der Waals surface area contributed by atoms with Crippen molar-refractivity contribution >= 4 is 11.9 Å². The average molecular weight is 276 g/mol. The minimum absolute atomic E-state index is 0.00103. The number of allylic oxidation sites excluding steroid dienone is 1. The topological polar surface area (TPSA) is 17.1 Å². The minimum Gasteiger partial charge on any atom is -0.289 e. The van der Waals surface area contributed by atoms with E-state index in [1.807, 2.05) is 24.3 Å². The summed E-state index contributed by atoms with van der Waals surface area (Å²) in [5.74, 6) is 0.172. The molecule has 0 radical (unpaired) electrons. The highest BCUT2D eigenvalue weighted by atomic mass is 16.1. The van der Waals surface area contributed by atoms with E-state index in [2.05, 4.69) is 51.1 Å². The molecule has 0 amide bonds. The van der Waals surface area contributed by atoms with Gasteiger partial charge in [-0.05, 0) is 36.0 Å². The highest BCUT2D eigenvalue weighted by molar-refractivity contribution is 6.13. The summed E-state index contributed by atoms with van der Waals surface area (Å²) in [4.78, 5) is 12.7. The Morgan fingerprint density at radius 2 is 1.67 bits per heavy atom. The lowest BCUT2D eigenvalue weighted by Gasteiger charge is -2.33. The molecule has 0 fully saturated rings. The molecule has 2 aromatic rings. The van der Waals surface area contributed by atoms with Gasteiger partial charge in [0, 0.05) is 11.1 Å². The number of rotatable bonds is 1. The van der Waals surface area contributed by atoms with Gasteiger partial charge in [0.2, 0.25) is 0 Å². The Morgan fingerprint density at radius 3 is 2.38 bits per heavy atom. The molecule has 3 rings (SSSR count). The van der Waals surface area contributed by atoms with Crippen molar-refractivity contribution in [3.8, 4) is 0 Å². The van der Waals surface area contributed by atoms with E-state index in [9.17, 15) is 4.79 Å². The first-order chi connectivity index (χ1) is 9.97. The number of aryl methyl sites for hydroxylation is 1. The zero-order valence-electron chi connectivity index (χ0n) is 12.8. The molecule has 0 aliphatic heterocycles. The summed E-state index contributed by atoms with van der Waals surface area (Å²) >= 11 is 0. The van der Waals surface area contributed by atoms with Gasteiger partial charge in [-0.25, -0.2) is 0 Å². The molecule has 0 atom stereocenters. The smallest absolute Gasteiger partial charge is 0.189 e. The molecule has 1 aliphatic rings. The second-order valence-electron chi connectivity index (χ2n) is 6.52. The predicted molar refractivity (Wildman–Crippen MR) is 87.6 cm³/mol. The van der Waals surface area contributed by atoms with E-state index in [0.717, 1.165) is 28.7 Å². The van der Waals surface area contributed by atoms with Gasteiger partial charge < -0.3 is 0 Å². The highest BCUT2D eigenvalue weighted by Crippen LogP contribution is 2.39. The number of hydrogen-bond acceptors (Lipinski definition) is 1. The normalized spacial score (nSPS) is 18.6. The van der Waals surface area contributed by atoms with Crippen molar-refractivity contribution in [1.82, 2.24) is 0 Å². The van der Waals surface area contributed by atoms with Gasteiger partial charge in [-0.15, -0.1) is 0 Å². The molecule has 1 heteroatoms. The zero-order valence-corrected chi connectivity index (χ0v) is 12.8. The molecule has 0 unspecified atom stereocenters. The van der Waals surface area contributed by atoms with Crippen LogP contribution in [-0.2, 0) is 5.41 Å². The second kappa shape index (κ2) is 5.00. The maximum atomic E-state index is 12.7. The minimum atomic E-state index is 0.00103. The van der Waals surface area contributed by atoms with Crippen molar-refractivity contribution in [1.29, 1.82) is 0 Å². The van der Waals surface area contributed by atoms with Crippen molar-refractivity contribution in [2.24, 2.45) is 0 Å². The fourth-order valence-electron chi connectivity index (χ4n) is 3.08. The third-order valence-corrected chi connectivity index (χ3v) is 4.24. The highest BCUT2D eigenvalue weighted by Gasteiger charge is 2.34. The van der Waals surface area contributed by atoms with Crippen molar-refractivity contribution in [3.63, 3.8) is 0 Å². The summed E-state index contributed by atoms with van der Waals surface area (Å²) in [6, 6.07) is 16.3. The quantitative estimate of drug-likeness (QED) is 0.674. The number of carbonyl (C=O) groups is 1. The molecule has 0 N–H and O–H groups in total. The Morgan fingerprint density at radius 1 is 1.00 bits per heavy atom. The van der Waals surface area contributed by atoms with E-state index in [1.165, 1.54) is 5.56 Å². The lowest BCUT2D eigenvalue weighted by atomic mass is 9.70. The van der Waals surface area contributed by atoms with Crippen LogP contribution in [0.2, 0.25) is 0 Å². The maximum Gasteiger partial charge on any atom is 0.189 e. The van der Waals surface area contributed by atoms with Crippen LogP contribution in [0.1, 0.15) is 47.3 Å². The summed E-state index contributed by atoms with van der Waals surface area (Å²) in [6.07, 6.45) is 2.83. The number of Topliss-reactive ketones (excluding diaryl/α,β-unsaturated/α-hetero) is 1. The van der Waals surface area contributed by atoms with Crippen molar-refractivity contribution in [2.45, 2.75) is 32.6 Å². The van der Waals surface area contributed by atoms with Gasteiger partial charge in [0.05, 0.1) is 0 Å². The van der Waals surface area contributed by atoms with Crippen LogP contribution in [0, 0.1) is 6.92 Å². The van der Waals surface area contributed by atoms with Crippen LogP contribution in [0.15, 0.2) is 54.1 Å². The van der Waals surface area contributed by atoms with E-state index < -0.39 is 0 Å². The first kappa shape index (κ1) is 13.8. The Hall–Kier alpha value is -2.15. The number of fused-ring (bicyclic) bond motifs is 1. The van der Waals surface area contributed by atoms with Gasteiger partial charge in [-0.2, -0.15) is 0 Å². The molecule has 0 saturated heterocycles. The zero-order chi connectivity index (χ0) is 15.0. The van der Waals surface area contributed by atoms with E-state index in [1.54, 1.807) is 0 Å². The lowest BCUT2D eigenvalue weighted by Crippen LogP contribution is -2.29. The fraction of sp³-hybridized carbons (Fsp3) is 0.250. The van der Waals surface area contributed by atoms with E-state index >= 15 is 0 Å². The van der Waals surface area contributed by atoms with Gasteiger partial charge in [0.25, 0.3) is 0 Å². The fourth-order valence-corrected chi connectivity index (χ4v) is 3.08. The van der Waals surface area contributed by atoms with Crippen LogP contribution in [0.4, 0.5) is 0 Å². The predicted octanol–water partition coefficient (Wildman–Crippen LogP) is 4.94. The van der Waals surface area contributed by atoms with Crippen LogP contribution < -0.4 is 0 Å². The molecule has 2 aromatic carbocycles. The van der Waals surface area contributed by atoms with Crippen molar-refractivity contribution < 1.29 is 4.79 Å². The SMILES string of the molecule is Cc1ccc(/C=C2\CC(C)(C)c3ccccc3C2=O)cc1. The monoisotopic (exact) mass is 276 g/mol. The first-order valence-electron chi connectivity index (χ1n) is 7.39. The van der Waals surface area contributed by atoms with E-state index in [4.69, 9.17) is 0 Å². The standard InChI is InChI=1S/C20H20O/c1-14-8-10-15(11-9-14)12-16-13-20(2,3)18-7-5-4-6-17(18)19(16)21/h4-12H,13H2,1-3H3/b16-12+. The summed E-state index contributed by atoms with van der Waals surface area (Å²) in [5, 5.41) is 0. The van der Waals surface area contributed by atoms with Gasteiger partial charge >= 0.3 is 0 Å². The van der Waals surface area contributed by atoms with Crippen molar-refractivity contribution in [2.75, 3.05) is 0 Å². The number of hydrogen-bond donors (Lipinski definition) is 0. The van der Waals surface area contributed by atoms with Crippen LogP contribution in [0.3, 0.4) is 0 Å². The second-order valence-corrected chi connectivity index (χ2v) is 6.52. The number of carbonyl (C=O) groups excluding carboxylic acids is 1. The van der Waals surface area contributed by atoms with Crippen LogP contribution >= 0.6 is 0 Å². The van der Waals surface area contributed by atoms with E-state index in [0.29, 0.717) is 0 Å². The Labute approximate surface area is 126 Å². The number of benzene rings is 2. The molecule has 1 aliphatic carbocycles. The van der Waals surface area contributed by atoms with Gasteiger partial charge in [-0.3, -0.25) is 4.79 Å². The Balaban J connectivity index is 2.06. The number of ketones is 1. The Kier molecular flexibility index (Phi) is 3.29. The molecule has 21 heavy (non-hydrogen) atoms. The average Bonchev–Trinajstić information content (AvgIpc) is 2.47. The molecule has 0 aromatic heterocycles. The van der Waals surface area contributed by atoms with Gasteiger partial charge in [0.15, 0.2) is 5.78 Å². The first-order valence-corrected chi connectivity index (χ1v) is 7.39. The largest absolute Gasteiger partial charge is 0.289 e. The molecule has 106 valence electrons. The third-order valence-electron chi connectivity index (χ3n) is 4.24. The molecule has 0 spiro atoms. The summed E-state index contributed by atoms with van der Waals surface area (Å²) in [6.45, 7) is 6.49. The summed E-state index contributed by atoms with van der Waals surface area (Å²) in [5.41, 5.74) is 5.25. The van der Waals surface area contributed by atoms with Crippen molar-refractivity contribution in [3.05, 3.63) is 76.4 Å². The van der Waals surface area contributed by atoms with Gasteiger partial charge in [-0.1, -0.05) is 67.9 Å². The Bertz CT molecular complexity index is 718. The molecular formula is C20H20O. The molecule has 0 bridgehead atoms. The van der Waals surface area contributed by atoms with Crippen LogP contribution in [-0.4, -0.2) is 5.78 Å². The van der Waals surface area contributed by atoms with Crippen LogP contribution in [0.5, 0.6) is 0 Å². The lowest BCUT2D eigenvalue weighted by molar-refractivity contribution is 0.101. The summed E-state index contributed by atoms with van der Waals surface area (Å²) < 4.78 is 0. The third kappa shape index (κ3) is 2.56. The summed E-state index contributed by atoms with van der Waals surface area (Å²) in [7, 11) is 0. The van der Waals surface area contributed by atoms with Crippen LogP contribution in [0.25, 0.3) is 6.08 Å². The van der Waals surface area contributed by atoms with E-state index in [-0.39, 0.29) is 11.2 Å². The molecule has 0 heterocycles. The maximum absolute atomic E-state index is 12.7. The van der Waals surface area contributed by atoms with Gasteiger partial charge in [0.1, 0.15) is 0 Å². The molecule has 0 saturated carbocycles. The molecular weight excluding hydrogens is 256 g/mol. The molecule has 1 nitrogen and oxygen atoms in total.